The van der Waals surface area contributed by atoms with Crippen molar-refractivity contribution in [2.24, 2.45) is 5.92 Å². The summed E-state index contributed by atoms with van der Waals surface area (Å²) in [6.07, 6.45) is 5.88. The Morgan fingerprint density at radius 1 is 1.26 bits per heavy atom. The Morgan fingerprint density at radius 3 is 2.96 bits per heavy atom. The van der Waals surface area contributed by atoms with E-state index in [4.69, 9.17) is 11.6 Å². The lowest BCUT2D eigenvalue weighted by Crippen LogP contribution is -2.33. The standard InChI is InChI=1S/C18H22ClN3O/c19-15-2-1-14-6-8-22(17(14)9-15)12-18(23)20-10-13-5-7-21(11-13)16-3-4-16/h1-2,6,8-9,13,16H,3-5,7,10-12H2,(H,20,23)/t13-/m1/s1. The van der Waals surface area contributed by atoms with Gasteiger partial charge in [-0.3, -0.25) is 4.79 Å². The number of hydrogen-bond acceptors (Lipinski definition) is 2. The SMILES string of the molecule is O=C(Cn1ccc2ccc(Cl)cc21)NC[C@H]1CCN(C2CC2)C1. The summed E-state index contributed by atoms with van der Waals surface area (Å²) in [5.74, 6) is 0.683. The van der Waals surface area contributed by atoms with Crippen molar-refractivity contribution < 1.29 is 4.79 Å². The summed E-state index contributed by atoms with van der Waals surface area (Å²) < 4.78 is 1.96. The summed E-state index contributed by atoms with van der Waals surface area (Å²) in [6, 6.07) is 8.63. The Balaban J connectivity index is 1.31. The Bertz CT molecular complexity index is 722. The van der Waals surface area contributed by atoms with Gasteiger partial charge in [0.25, 0.3) is 0 Å². The monoisotopic (exact) mass is 331 g/mol. The van der Waals surface area contributed by atoms with Gasteiger partial charge in [-0.1, -0.05) is 17.7 Å². The van der Waals surface area contributed by atoms with Gasteiger partial charge >= 0.3 is 0 Å². The average Bonchev–Trinajstić information content (AvgIpc) is 3.16. The molecule has 2 aromatic rings. The van der Waals surface area contributed by atoms with Crippen LogP contribution in [0.2, 0.25) is 5.02 Å². The summed E-state index contributed by atoms with van der Waals surface area (Å²) >= 11 is 6.06. The van der Waals surface area contributed by atoms with Crippen molar-refractivity contribution in [2.75, 3.05) is 19.6 Å². The van der Waals surface area contributed by atoms with Crippen LogP contribution in [0.25, 0.3) is 10.9 Å². The van der Waals surface area contributed by atoms with Gasteiger partial charge in [-0.05, 0) is 55.3 Å². The molecule has 1 aliphatic heterocycles. The summed E-state index contributed by atoms with van der Waals surface area (Å²) in [5.41, 5.74) is 1.01. The second kappa shape index (κ2) is 6.17. The van der Waals surface area contributed by atoms with Crippen LogP contribution >= 0.6 is 11.6 Å². The molecule has 1 aromatic heterocycles. The molecule has 1 N–H and O–H groups in total. The van der Waals surface area contributed by atoms with Crippen molar-refractivity contribution in [1.82, 2.24) is 14.8 Å². The first-order valence-electron chi connectivity index (χ1n) is 8.44. The van der Waals surface area contributed by atoms with Gasteiger partial charge in [-0.15, -0.1) is 0 Å². The Hall–Kier alpha value is -1.52. The van der Waals surface area contributed by atoms with Crippen LogP contribution in [0, 0.1) is 5.92 Å². The molecular formula is C18H22ClN3O. The van der Waals surface area contributed by atoms with Crippen LogP contribution < -0.4 is 5.32 Å². The Kier molecular flexibility index (Phi) is 4.04. The highest BCUT2D eigenvalue weighted by atomic mass is 35.5. The van der Waals surface area contributed by atoms with Gasteiger partial charge in [0.15, 0.2) is 0 Å². The summed E-state index contributed by atoms with van der Waals surface area (Å²) in [6.45, 7) is 3.49. The first kappa shape index (κ1) is 15.0. The van der Waals surface area contributed by atoms with E-state index in [1.807, 2.05) is 35.0 Å². The number of nitrogens with one attached hydrogen (secondary N) is 1. The third-order valence-corrected chi connectivity index (χ3v) is 5.25. The molecule has 1 amide bonds. The van der Waals surface area contributed by atoms with Gasteiger partial charge in [0.2, 0.25) is 5.91 Å². The van der Waals surface area contributed by atoms with Crippen LogP contribution in [0.15, 0.2) is 30.5 Å². The lowest BCUT2D eigenvalue weighted by Gasteiger charge is -2.15. The maximum absolute atomic E-state index is 12.2. The Morgan fingerprint density at radius 2 is 2.13 bits per heavy atom. The lowest BCUT2D eigenvalue weighted by molar-refractivity contribution is -0.121. The van der Waals surface area contributed by atoms with Crippen LogP contribution in [0.3, 0.4) is 0 Å². The maximum atomic E-state index is 12.2. The fourth-order valence-electron chi connectivity index (χ4n) is 3.56. The molecule has 2 fully saturated rings. The highest BCUT2D eigenvalue weighted by Crippen LogP contribution is 2.31. The van der Waals surface area contributed by atoms with Crippen molar-refractivity contribution >= 4 is 28.4 Å². The maximum Gasteiger partial charge on any atom is 0.239 e. The Labute approximate surface area is 141 Å². The number of carbonyl (C=O) groups is 1. The molecule has 1 saturated heterocycles. The number of carbonyl (C=O) groups excluding carboxylic acids is 1. The van der Waals surface area contributed by atoms with Crippen LogP contribution in [-0.2, 0) is 11.3 Å². The van der Waals surface area contributed by atoms with E-state index >= 15 is 0 Å². The van der Waals surface area contributed by atoms with Crippen molar-refractivity contribution in [3.8, 4) is 0 Å². The van der Waals surface area contributed by atoms with E-state index in [1.165, 1.54) is 25.8 Å². The highest BCUT2D eigenvalue weighted by Gasteiger charge is 2.34. The number of fused-ring (bicyclic) bond motifs is 1. The minimum Gasteiger partial charge on any atom is -0.354 e. The lowest BCUT2D eigenvalue weighted by atomic mass is 10.1. The molecule has 1 aliphatic carbocycles. The van der Waals surface area contributed by atoms with Gasteiger partial charge in [-0.25, -0.2) is 0 Å². The number of nitrogens with zero attached hydrogens (tertiary/aromatic N) is 2. The van der Waals surface area contributed by atoms with E-state index < -0.39 is 0 Å². The van der Waals surface area contributed by atoms with Crippen molar-refractivity contribution in [3.05, 3.63) is 35.5 Å². The number of hydrogen-bond donors (Lipinski definition) is 1. The number of likely N-dealkylation sites (tertiary alicyclic amines) is 1. The molecule has 2 aliphatic rings. The second-order valence-electron chi connectivity index (χ2n) is 6.83. The summed E-state index contributed by atoms with van der Waals surface area (Å²) in [5, 5.41) is 4.91. The quantitative estimate of drug-likeness (QED) is 0.914. The predicted molar refractivity (Wildman–Crippen MR) is 92.7 cm³/mol. The van der Waals surface area contributed by atoms with Crippen molar-refractivity contribution in [1.29, 1.82) is 0 Å². The summed E-state index contributed by atoms with van der Waals surface area (Å²) in [7, 11) is 0. The molecule has 4 nitrogen and oxygen atoms in total. The molecule has 23 heavy (non-hydrogen) atoms. The fourth-order valence-corrected chi connectivity index (χ4v) is 3.73. The van der Waals surface area contributed by atoms with Crippen LogP contribution in [0.1, 0.15) is 19.3 Å². The topological polar surface area (TPSA) is 37.3 Å². The molecule has 1 atom stereocenters. The summed E-state index contributed by atoms with van der Waals surface area (Å²) in [4.78, 5) is 14.8. The predicted octanol–water partition coefficient (Wildman–Crippen LogP) is 2.90. The normalized spacial score (nSPS) is 21.9. The number of rotatable bonds is 5. The smallest absolute Gasteiger partial charge is 0.239 e. The molecule has 0 unspecified atom stereocenters. The minimum atomic E-state index is 0.0762. The van der Waals surface area contributed by atoms with Crippen molar-refractivity contribution in [2.45, 2.75) is 31.8 Å². The van der Waals surface area contributed by atoms with Crippen LogP contribution in [0.5, 0.6) is 0 Å². The molecule has 122 valence electrons. The third kappa shape index (κ3) is 3.38. The van der Waals surface area contributed by atoms with Crippen molar-refractivity contribution in [3.63, 3.8) is 0 Å². The molecular weight excluding hydrogens is 310 g/mol. The second-order valence-corrected chi connectivity index (χ2v) is 7.27. The molecule has 0 spiro atoms. The fraction of sp³-hybridized carbons (Fsp3) is 0.500. The van der Waals surface area contributed by atoms with Gasteiger partial charge in [-0.2, -0.15) is 0 Å². The first-order chi connectivity index (χ1) is 11.2. The van der Waals surface area contributed by atoms with Gasteiger partial charge in [0, 0.05) is 35.9 Å². The van der Waals surface area contributed by atoms with E-state index in [0.717, 1.165) is 30.0 Å². The number of halogens is 1. The molecule has 4 rings (SSSR count). The van der Waals surface area contributed by atoms with Gasteiger partial charge in [0.1, 0.15) is 6.54 Å². The molecule has 2 heterocycles. The highest BCUT2D eigenvalue weighted by molar-refractivity contribution is 6.31. The number of aromatic nitrogens is 1. The first-order valence-corrected chi connectivity index (χ1v) is 8.82. The number of amides is 1. The molecule has 1 aromatic carbocycles. The van der Waals surface area contributed by atoms with Gasteiger partial charge in [0.05, 0.1) is 0 Å². The van der Waals surface area contributed by atoms with Gasteiger partial charge < -0.3 is 14.8 Å². The molecule has 0 bridgehead atoms. The van der Waals surface area contributed by atoms with E-state index in [1.54, 1.807) is 0 Å². The van der Waals surface area contributed by atoms with Crippen LogP contribution in [0.4, 0.5) is 0 Å². The minimum absolute atomic E-state index is 0.0762. The third-order valence-electron chi connectivity index (χ3n) is 5.02. The number of benzene rings is 1. The average molecular weight is 332 g/mol. The van der Waals surface area contributed by atoms with E-state index in [2.05, 4.69) is 10.2 Å². The van der Waals surface area contributed by atoms with E-state index in [0.29, 0.717) is 17.5 Å². The largest absolute Gasteiger partial charge is 0.354 e. The molecule has 0 radical (unpaired) electrons. The zero-order valence-corrected chi connectivity index (χ0v) is 13.9. The zero-order valence-electron chi connectivity index (χ0n) is 13.2. The van der Waals surface area contributed by atoms with Crippen LogP contribution in [-0.4, -0.2) is 41.1 Å². The molecule has 1 saturated carbocycles. The zero-order chi connectivity index (χ0) is 15.8. The van der Waals surface area contributed by atoms with E-state index in [9.17, 15) is 4.79 Å². The van der Waals surface area contributed by atoms with E-state index in [-0.39, 0.29) is 5.91 Å². The molecule has 5 heteroatoms.